The highest BCUT2D eigenvalue weighted by Crippen LogP contribution is 2.38. The van der Waals surface area contributed by atoms with E-state index in [2.05, 4.69) is 21.4 Å². The van der Waals surface area contributed by atoms with Gasteiger partial charge in [-0.3, -0.25) is 4.79 Å². The molecule has 0 bridgehead atoms. The standard InChI is InChI=1S/C19H17N3O2S/c1-12-5-6-17(25-12)19(23)22-10-15-7-13-3-2-4-16(18(13)24-15)14-8-20-11-21-9-14/h2-6,8-9,11,15H,7,10H2,1H3,(H,22,23). The minimum absolute atomic E-state index is 0.0469. The third-order valence-electron chi connectivity index (χ3n) is 4.15. The van der Waals surface area contributed by atoms with E-state index in [4.69, 9.17) is 4.74 Å². The van der Waals surface area contributed by atoms with Crippen LogP contribution in [0.2, 0.25) is 0 Å². The number of nitrogens with zero attached hydrogens (tertiary/aromatic N) is 2. The van der Waals surface area contributed by atoms with E-state index in [1.54, 1.807) is 12.4 Å². The Morgan fingerprint density at radius 1 is 1.28 bits per heavy atom. The summed E-state index contributed by atoms with van der Waals surface area (Å²) in [6.07, 6.45) is 5.78. The van der Waals surface area contributed by atoms with Crippen molar-refractivity contribution in [1.29, 1.82) is 0 Å². The molecule has 2 aromatic heterocycles. The Morgan fingerprint density at radius 3 is 2.88 bits per heavy atom. The van der Waals surface area contributed by atoms with Crippen molar-refractivity contribution in [2.24, 2.45) is 0 Å². The van der Waals surface area contributed by atoms with Crippen LogP contribution in [0.15, 0.2) is 49.1 Å². The summed E-state index contributed by atoms with van der Waals surface area (Å²) in [5.41, 5.74) is 3.06. The van der Waals surface area contributed by atoms with E-state index in [0.29, 0.717) is 6.54 Å². The molecule has 4 rings (SSSR count). The molecule has 1 unspecified atom stereocenters. The van der Waals surface area contributed by atoms with Crippen molar-refractivity contribution in [3.8, 4) is 16.9 Å². The average molecular weight is 351 g/mol. The van der Waals surface area contributed by atoms with E-state index in [1.165, 1.54) is 17.7 Å². The van der Waals surface area contributed by atoms with Crippen molar-refractivity contribution in [2.75, 3.05) is 6.54 Å². The Balaban J connectivity index is 1.46. The molecular formula is C19H17N3O2S. The van der Waals surface area contributed by atoms with Crippen LogP contribution >= 0.6 is 11.3 Å². The first-order valence-electron chi connectivity index (χ1n) is 8.09. The number of amides is 1. The Hall–Kier alpha value is -2.73. The summed E-state index contributed by atoms with van der Waals surface area (Å²) in [6, 6.07) is 9.89. The van der Waals surface area contributed by atoms with Crippen LogP contribution in [-0.2, 0) is 6.42 Å². The third-order valence-corrected chi connectivity index (χ3v) is 5.15. The fraction of sp³-hybridized carbons (Fsp3) is 0.211. The molecule has 0 saturated carbocycles. The van der Waals surface area contributed by atoms with Crippen LogP contribution in [0.3, 0.4) is 0 Å². The molecule has 1 aliphatic rings. The zero-order chi connectivity index (χ0) is 17.2. The number of ether oxygens (including phenoxy) is 1. The lowest BCUT2D eigenvalue weighted by Crippen LogP contribution is -2.34. The van der Waals surface area contributed by atoms with Gasteiger partial charge in [-0.15, -0.1) is 11.3 Å². The van der Waals surface area contributed by atoms with Crippen molar-refractivity contribution in [3.63, 3.8) is 0 Å². The van der Waals surface area contributed by atoms with Gasteiger partial charge in [0.1, 0.15) is 18.2 Å². The molecule has 1 aliphatic heterocycles. The minimum atomic E-state index is -0.0641. The molecule has 126 valence electrons. The molecule has 1 atom stereocenters. The van der Waals surface area contributed by atoms with Crippen LogP contribution < -0.4 is 10.1 Å². The molecule has 3 heterocycles. The predicted octanol–water partition coefficient (Wildman–Crippen LogP) is 3.25. The SMILES string of the molecule is Cc1ccc(C(=O)NCC2Cc3cccc(-c4cncnc4)c3O2)s1. The molecule has 25 heavy (non-hydrogen) atoms. The van der Waals surface area contributed by atoms with Gasteiger partial charge in [0.05, 0.1) is 11.4 Å². The molecule has 6 heteroatoms. The molecule has 0 radical (unpaired) electrons. The van der Waals surface area contributed by atoms with Crippen molar-refractivity contribution >= 4 is 17.2 Å². The molecule has 1 aromatic carbocycles. The lowest BCUT2D eigenvalue weighted by molar-refractivity contribution is 0.0937. The summed E-state index contributed by atoms with van der Waals surface area (Å²) < 4.78 is 6.12. The van der Waals surface area contributed by atoms with Crippen LogP contribution in [0.1, 0.15) is 20.1 Å². The lowest BCUT2D eigenvalue weighted by Gasteiger charge is -2.13. The van der Waals surface area contributed by atoms with E-state index in [0.717, 1.165) is 38.6 Å². The molecule has 3 aromatic rings. The lowest BCUT2D eigenvalue weighted by atomic mass is 10.0. The maximum absolute atomic E-state index is 12.2. The normalized spacial score (nSPS) is 15.5. The number of rotatable bonds is 4. The second-order valence-corrected chi connectivity index (χ2v) is 7.27. The number of nitrogens with one attached hydrogen (secondary N) is 1. The summed E-state index contributed by atoms with van der Waals surface area (Å²) in [5, 5.41) is 2.97. The van der Waals surface area contributed by atoms with Crippen LogP contribution in [0.5, 0.6) is 5.75 Å². The smallest absolute Gasteiger partial charge is 0.261 e. The number of benzene rings is 1. The molecule has 0 spiro atoms. The molecule has 0 fully saturated rings. The largest absolute Gasteiger partial charge is 0.487 e. The van der Waals surface area contributed by atoms with Crippen LogP contribution in [-0.4, -0.2) is 28.5 Å². The summed E-state index contributed by atoms with van der Waals surface area (Å²) in [4.78, 5) is 22.2. The van der Waals surface area contributed by atoms with Crippen LogP contribution in [0, 0.1) is 6.92 Å². The van der Waals surface area contributed by atoms with Gasteiger partial charge in [-0.25, -0.2) is 9.97 Å². The maximum atomic E-state index is 12.2. The van der Waals surface area contributed by atoms with Gasteiger partial charge < -0.3 is 10.1 Å². The fourth-order valence-electron chi connectivity index (χ4n) is 2.97. The minimum Gasteiger partial charge on any atom is -0.487 e. The van der Waals surface area contributed by atoms with Gasteiger partial charge in [-0.2, -0.15) is 0 Å². The highest BCUT2D eigenvalue weighted by Gasteiger charge is 2.26. The molecule has 5 nitrogen and oxygen atoms in total. The quantitative estimate of drug-likeness (QED) is 0.784. The zero-order valence-electron chi connectivity index (χ0n) is 13.7. The maximum Gasteiger partial charge on any atom is 0.261 e. The van der Waals surface area contributed by atoms with Crippen molar-refractivity contribution < 1.29 is 9.53 Å². The molecule has 1 N–H and O–H groups in total. The van der Waals surface area contributed by atoms with E-state index >= 15 is 0 Å². The van der Waals surface area contributed by atoms with Gasteiger partial charge in [-0.05, 0) is 24.6 Å². The van der Waals surface area contributed by atoms with E-state index in [9.17, 15) is 4.79 Å². The van der Waals surface area contributed by atoms with Gasteiger partial charge in [0.25, 0.3) is 5.91 Å². The second-order valence-electron chi connectivity index (χ2n) is 5.99. The highest BCUT2D eigenvalue weighted by atomic mass is 32.1. The Morgan fingerprint density at radius 2 is 2.12 bits per heavy atom. The number of aryl methyl sites for hydroxylation is 1. The number of carbonyl (C=O) groups excluding carboxylic acids is 1. The van der Waals surface area contributed by atoms with Crippen molar-refractivity contribution in [1.82, 2.24) is 15.3 Å². The second kappa shape index (κ2) is 6.64. The van der Waals surface area contributed by atoms with Gasteiger partial charge in [0.15, 0.2) is 0 Å². The van der Waals surface area contributed by atoms with Crippen molar-refractivity contribution in [3.05, 3.63) is 64.4 Å². The summed E-state index contributed by atoms with van der Waals surface area (Å²) >= 11 is 1.50. The number of thiophene rings is 1. The third kappa shape index (κ3) is 3.25. The molecular weight excluding hydrogens is 334 g/mol. The molecule has 0 saturated heterocycles. The number of aromatic nitrogens is 2. The van der Waals surface area contributed by atoms with Crippen LogP contribution in [0.4, 0.5) is 0 Å². The Kier molecular flexibility index (Phi) is 4.19. The summed E-state index contributed by atoms with van der Waals surface area (Å²) in [7, 11) is 0. The first-order chi connectivity index (χ1) is 12.2. The molecule has 1 amide bonds. The zero-order valence-corrected chi connectivity index (χ0v) is 14.5. The van der Waals surface area contributed by atoms with Gasteiger partial charge in [-0.1, -0.05) is 18.2 Å². The number of fused-ring (bicyclic) bond motifs is 1. The average Bonchev–Trinajstić information content (AvgIpc) is 3.26. The number of hydrogen-bond acceptors (Lipinski definition) is 5. The Bertz CT molecular complexity index is 908. The summed E-state index contributed by atoms with van der Waals surface area (Å²) in [6.45, 7) is 2.47. The van der Waals surface area contributed by atoms with E-state index in [1.807, 2.05) is 31.2 Å². The number of carbonyl (C=O) groups is 1. The molecule has 0 aliphatic carbocycles. The topological polar surface area (TPSA) is 64.1 Å². The van der Waals surface area contributed by atoms with Gasteiger partial charge >= 0.3 is 0 Å². The van der Waals surface area contributed by atoms with Gasteiger partial charge in [0, 0.05) is 34.8 Å². The highest BCUT2D eigenvalue weighted by molar-refractivity contribution is 7.13. The van der Waals surface area contributed by atoms with Crippen LogP contribution in [0.25, 0.3) is 11.1 Å². The predicted molar refractivity (Wildman–Crippen MR) is 97.0 cm³/mol. The summed E-state index contributed by atoms with van der Waals surface area (Å²) in [5.74, 6) is 0.817. The fourth-order valence-corrected chi connectivity index (χ4v) is 3.75. The van der Waals surface area contributed by atoms with E-state index < -0.39 is 0 Å². The number of para-hydroxylation sites is 1. The number of hydrogen-bond donors (Lipinski definition) is 1. The monoisotopic (exact) mass is 351 g/mol. The first-order valence-corrected chi connectivity index (χ1v) is 8.91. The van der Waals surface area contributed by atoms with E-state index in [-0.39, 0.29) is 12.0 Å². The van der Waals surface area contributed by atoms with Crippen molar-refractivity contribution in [2.45, 2.75) is 19.4 Å². The first kappa shape index (κ1) is 15.8. The van der Waals surface area contributed by atoms with Gasteiger partial charge in [0.2, 0.25) is 0 Å². The Labute approximate surface area is 149 Å².